The molecule has 202 valence electrons. The van der Waals surface area contributed by atoms with E-state index in [1.807, 2.05) is 23.3 Å². The zero-order chi connectivity index (χ0) is 28.0. The van der Waals surface area contributed by atoms with E-state index < -0.39 is 18.0 Å². The highest BCUT2D eigenvalue weighted by atomic mass is 35.5. The molecule has 4 heterocycles. The monoisotopic (exact) mass is 559 g/mol. The van der Waals surface area contributed by atoms with Gasteiger partial charge >= 0.3 is 6.01 Å². The van der Waals surface area contributed by atoms with Crippen LogP contribution in [0.4, 0.5) is 8.78 Å². The minimum atomic E-state index is -1.19. The van der Waals surface area contributed by atoms with Crippen LogP contribution in [-0.2, 0) is 0 Å². The van der Waals surface area contributed by atoms with Gasteiger partial charge in [-0.1, -0.05) is 11.6 Å². The third-order valence-electron chi connectivity index (χ3n) is 7.21. The van der Waals surface area contributed by atoms with Gasteiger partial charge in [0.15, 0.2) is 0 Å². The summed E-state index contributed by atoms with van der Waals surface area (Å²) >= 11 is 6.62. The lowest BCUT2D eigenvalue weighted by Gasteiger charge is -2.35. The maximum atomic E-state index is 15.5. The number of imidazole rings is 1. The smallest absolute Gasteiger partial charge is 0.322 e. The molecule has 0 bridgehead atoms. The van der Waals surface area contributed by atoms with E-state index in [0.717, 1.165) is 5.69 Å². The Labute approximate surface area is 233 Å². The Morgan fingerprint density at radius 3 is 2.70 bits per heavy atom. The number of hydrogen-bond donors (Lipinski definition) is 0. The van der Waals surface area contributed by atoms with Crippen LogP contribution in [0.3, 0.4) is 0 Å². The third kappa shape index (κ3) is 4.72. The molecule has 1 aliphatic rings. The lowest BCUT2D eigenvalue weighted by molar-refractivity contribution is 0.0996. The predicted octanol–water partition coefficient (Wildman–Crippen LogP) is 6.35. The van der Waals surface area contributed by atoms with Gasteiger partial charge in [-0.15, -0.1) is 0 Å². The Bertz CT molecular complexity index is 1800. The normalized spacial score (nSPS) is 17.8. The van der Waals surface area contributed by atoms with Crippen molar-refractivity contribution in [2.45, 2.75) is 32.5 Å². The van der Waals surface area contributed by atoms with Gasteiger partial charge in [0.25, 0.3) is 0 Å². The first kappa shape index (κ1) is 26.0. The summed E-state index contributed by atoms with van der Waals surface area (Å²) in [6.45, 7) is 4.61. The van der Waals surface area contributed by atoms with Crippen LogP contribution in [-0.4, -0.2) is 55.2 Å². The Morgan fingerprint density at radius 2 is 1.95 bits per heavy atom. The maximum absolute atomic E-state index is 15.5. The van der Waals surface area contributed by atoms with Gasteiger partial charge in [-0.25, -0.2) is 23.7 Å². The standard InChI is InChI=1S/C29H24ClF2N7O/c1-16-5-8-34-29(36-16)40-18-3-4-19(22(30)11-18)20-12-21-25(13-23(20)31)35-14-26-28(21)39(17(2)37-26)27-6-9-38(10-7-33)15-24(27)32/h3-5,8,11-14,24,27H,6,9-10,15H2,1-2H3/t24?,27-/m0/s1. The average molecular weight is 560 g/mol. The minimum absolute atomic E-state index is 0.165. The molecule has 1 unspecified atom stereocenters. The molecular weight excluding hydrogens is 536 g/mol. The molecule has 2 atom stereocenters. The van der Waals surface area contributed by atoms with Crippen LogP contribution in [0.15, 0.2) is 48.8 Å². The topological polar surface area (TPSA) is 92.8 Å². The lowest BCUT2D eigenvalue weighted by Crippen LogP contribution is -2.43. The first-order chi connectivity index (χ1) is 19.3. The van der Waals surface area contributed by atoms with Gasteiger partial charge < -0.3 is 9.30 Å². The molecule has 0 saturated carbocycles. The quantitative estimate of drug-likeness (QED) is 0.232. The fraction of sp³-hybridized carbons (Fsp3) is 0.276. The number of aryl methyl sites for hydroxylation is 2. The number of benzene rings is 2. The first-order valence-electron chi connectivity index (χ1n) is 12.8. The van der Waals surface area contributed by atoms with Crippen molar-refractivity contribution in [3.63, 3.8) is 0 Å². The van der Waals surface area contributed by atoms with Crippen molar-refractivity contribution in [1.82, 2.24) is 29.4 Å². The van der Waals surface area contributed by atoms with Gasteiger partial charge in [-0.2, -0.15) is 5.26 Å². The molecule has 11 heteroatoms. The number of halogens is 3. The number of piperidine rings is 1. The van der Waals surface area contributed by atoms with E-state index in [2.05, 4.69) is 26.0 Å². The van der Waals surface area contributed by atoms with E-state index in [0.29, 0.717) is 52.0 Å². The molecule has 3 aromatic heterocycles. The van der Waals surface area contributed by atoms with Crippen molar-refractivity contribution in [2.75, 3.05) is 19.6 Å². The van der Waals surface area contributed by atoms with Gasteiger partial charge in [0.05, 0.1) is 40.9 Å². The minimum Gasteiger partial charge on any atom is -0.424 e. The molecule has 0 amide bonds. The molecular formula is C29H24ClF2N7O. The van der Waals surface area contributed by atoms with Crippen LogP contribution in [0, 0.1) is 31.0 Å². The first-order valence-corrected chi connectivity index (χ1v) is 13.2. The maximum Gasteiger partial charge on any atom is 0.322 e. The Balaban J connectivity index is 1.43. The molecule has 0 N–H and O–H groups in total. The zero-order valence-electron chi connectivity index (χ0n) is 21.8. The number of aromatic nitrogens is 5. The van der Waals surface area contributed by atoms with Gasteiger partial charge in [-0.3, -0.25) is 9.88 Å². The molecule has 1 fully saturated rings. The highest BCUT2D eigenvalue weighted by molar-refractivity contribution is 6.33. The summed E-state index contributed by atoms with van der Waals surface area (Å²) in [5.74, 6) is 0.567. The number of alkyl halides is 1. The highest BCUT2D eigenvalue weighted by Crippen LogP contribution is 2.38. The summed E-state index contributed by atoms with van der Waals surface area (Å²) < 4.78 is 38.5. The second-order valence-corrected chi connectivity index (χ2v) is 10.3. The third-order valence-corrected chi connectivity index (χ3v) is 7.52. The zero-order valence-corrected chi connectivity index (χ0v) is 22.5. The molecule has 6 rings (SSSR count). The summed E-state index contributed by atoms with van der Waals surface area (Å²) in [6, 6.07) is 11.6. The van der Waals surface area contributed by atoms with Crippen molar-refractivity contribution in [2.24, 2.45) is 0 Å². The van der Waals surface area contributed by atoms with E-state index in [1.54, 1.807) is 42.7 Å². The average Bonchev–Trinajstić information content (AvgIpc) is 3.25. The van der Waals surface area contributed by atoms with Crippen LogP contribution in [0.5, 0.6) is 11.8 Å². The van der Waals surface area contributed by atoms with Crippen LogP contribution < -0.4 is 4.74 Å². The van der Waals surface area contributed by atoms with Gasteiger partial charge in [0, 0.05) is 53.6 Å². The molecule has 0 spiro atoms. The Hall–Kier alpha value is -4.20. The largest absolute Gasteiger partial charge is 0.424 e. The van der Waals surface area contributed by atoms with Gasteiger partial charge in [0.2, 0.25) is 0 Å². The van der Waals surface area contributed by atoms with Crippen LogP contribution in [0.1, 0.15) is 24.0 Å². The van der Waals surface area contributed by atoms with Crippen molar-refractivity contribution in [3.8, 4) is 29.0 Å². The number of pyridine rings is 1. The van der Waals surface area contributed by atoms with E-state index >= 15 is 8.78 Å². The predicted molar refractivity (Wildman–Crippen MR) is 148 cm³/mol. The molecule has 0 aliphatic carbocycles. The summed E-state index contributed by atoms with van der Waals surface area (Å²) in [7, 11) is 0. The lowest BCUT2D eigenvalue weighted by atomic mass is 10.00. The van der Waals surface area contributed by atoms with Crippen molar-refractivity contribution in [3.05, 3.63) is 71.2 Å². The molecule has 2 aromatic carbocycles. The van der Waals surface area contributed by atoms with Crippen molar-refractivity contribution in [1.29, 1.82) is 5.26 Å². The number of rotatable bonds is 5. The second kappa shape index (κ2) is 10.4. The van der Waals surface area contributed by atoms with Crippen LogP contribution in [0.2, 0.25) is 5.02 Å². The van der Waals surface area contributed by atoms with E-state index in [1.165, 1.54) is 6.07 Å². The number of ether oxygens (including phenoxy) is 1. The van der Waals surface area contributed by atoms with Crippen molar-refractivity contribution >= 4 is 33.5 Å². The van der Waals surface area contributed by atoms with Gasteiger partial charge in [-0.05, 0) is 44.5 Å². The Morgan fingerprint density at radius 1 is 1.10 bits per heavy atom. The van der Waals surface area contributed by atoms with E-state index in [9.17, 15) is 0 Å². The fourth-order valence-corrected chi connectivity index (χ4v) is 5.65. The number of hydrogen-bond acceptors (Lipinski definition) is 7. The molecule has 8 nitrogen and oxygen atoms in total. The molecule has 0 radical (unpaired) electrons. The molecule has 1 saturated heterocycles. The summed E-state index contributed by atoms with van der Waals surface area (Å²) in [6.07, 6.45) is 2.51. The molecule has 1 aliphatic heterocycles. The van der Waals surface area contributed by atoms with Gasteiger partial charge in [0.1, 0.15) is 29.1 Å². The summed E-state index contributed by atoms with van der Waals surface area (Å²) in [5.41, 5.74) is 3.22. The number of fused-ring (bicyclic) bond motifs is 3. The van der Waals surface area contributed by atoms with E-state index in [-0.39, 0.29) is 29.7 Å². The number of nitrogens with zero attached hydrogens (tertiary/aromatic N) is 7. The van der Waals surface area contributed by atoms with E-state index in [4.69, 9.17) is 21.6 Å². The fourth-order valence-electron chi connectivity index (χ4n) is 5.37. The molecule has 5 aromatic rings. The molecule has 40 heavy (non-hydrogen) atoms. The SMILES string of the molecule is Cc1ccnc(Oc2ccc(-c3cc4c(cc3F)ncc3nc(C)n([C@H]5CCN(CC#N)CC5F)c34)c(Cl)c2)n1. The van der Waals surface area contributed by atoms with Crippen LogP contribution >= 0.6 is 11.6 Å². The number of likely N-dealkylation sites (tertiary alicyclic amines) is 1. The second-order valence-electron chi connectivity index (χ2n) is 9.86. The van der Waals surface area contributed by atoms with Crippen molar-refractivity contribution < 1.29 is 13.5 Å². The Kier molecular flexibility index (Phi) is 6.78. The summed E-state index contributed by atoms with van der Waals surface area (Å²) in [5, 5.41) is 9.95. The summed E-state index contributed by atoms with van der Waals surface area (Å²) in [4.78, 5) is 19.2. The number of nitriles is 1. The van der Waals surface area contributed by atoms with Crippen LogP contribution in [0.25, 0.3) is 33.1 Å². The highest BCUT2D eigenvalue weighted by Gasteiger charge is 2.33.